The van der Waals surface area contributed by atoms with Crippen molar-refractivity contribution in [2.24, 2.45) is 0 Å². The van der Waals surface area contributed by atoms with E-state index in [1.807, 2.05) is 0 Å². The Morgan fingerprint density at radius 1 is 1.17 bits per heavy atom. The third-order valence-corrected chi connectivity index (χ3v) is 5.01. The summed E-state index contributed by atoms with van der Waals surface area (Å²) in [7, 11) is 0. The topological polar surface area (TPSA) is 146 Å². The van der Waals surface area contributed by atoms with E-state index < -0.39 is 34.6 Å². The standard InChI is InChI=1S/C22H19F3N6O4/c1-10-15(9-27-18(29-10)13-8-28-19(32)16-12(13)4-5-35-16)31-20(33)30-11-6-14(22(23,24)25)17(26-7-11)21(2,3)34/h4-9,34H,1-3H3,(H,28,32)(H2,30,31,33). The maximum absolute atomic E-state index is 13.5. The second-order valence-electron chi connectivity index (χ2n) is 8.14. The fourth-order valence-corrected chi connectivity index (χ4v) is 3.40. The molecule has 0 aliphatic carbocycles. The van der Waals surface area contributed by atoms with Gasteiger partial charge in [0.25, 0.3) is 5.56 Å². The minimum absolute atomic E-state index is 0.118. The first-order valence-corrected chi connectivity index (χ1v) is 10.2. The predicted molar refractivity (Wildman–Crippen MR) is 120 cm³/mol. The number of hydrogen-bond donors (Lipinski definition) is 4. The van der Waals surface area contributed by atoms with Crippen molar-refractivity contribution in [2.75, 3.05) is 10.6 Å². The molecule has 0 spiro atoms. The number of carbonyl (C=O) groups excluding carboxylic acids is 1. The zero-order valence-corrected chi connectivity index (χ0v) is 18.6. The number of nitrogens with one attached hydrogen (secondary N) is 3. The van der Waals surface area contributed by atoms with Crippen LogP contribution in [0.1, 0.15) is 30.8 Å². The first-order valence-electron chi connectivity index (χ1n) is 10.2. The van der Waals surface area contributed by atoms with Crippen molar-refractivity contribution in [3.05, 3.63) is 64.3 Å². The number of pyridine rings is 2. The molecule has 0 saturated heterocycles. The van der Waals surface area contributed by atoms with E-state index in [1.54, 1.807) is 13.0 Å². The average Bonchev–Trinajstić information content (AvgIpc) is 3.25. The smallest absolute Gasteiger partial charge is 0.418 e. The van der Waals surface area contributed by atoms with Crippen molar-refractivity contribution in [1.82, 2.24) is 19.9 Å². The van der Waals surface area contributed by atoms with Crippen LogP contribution in [-0.2, 0) is 11.8 Å². The number of aromatic nitrogens is 4. The molecule has 0 aliphatic rings. The van der Waals surface area contributed by atoms with Crippen LogP contribution < -0.4 is 16.2 Å². The largest absolute Gasteiger partial charge is 0.458 e. The number of rotatable bonds is 4. The van der Waals surface area contributed by atoms with E-state index in [0.29, 0.717) is 22.7 Å². The molecule has 0 radical (unpaired) electrons. The van der Waals surface area contributed by atoms with Gasteiger partial charge in [-0.05, 0) is 32.9 Å². The van der Waals surface area contributed by atoms with E-state index in [4.69, 9.17) is 4.42 Å². The highest BCUT2D eigenvalue weighted by atomic mass is 19.4. The molecule has 2 amide bonds. The summed E-state index contributed by atoms with van der Waals surface area (Å²) in [5.41, 5.74) is -3.01. The average molecular weight is 488 g/mol. The minimum atomic E-state index is -4.79. The Balaban J connectivity index is 1.56. The summed E-state index contributed by atoms with van der Waals surface area (Å²) in [6.07, 6.45) is 0.353. The number of amides is 2. The van der Waals surface area contributed by atoms with Gasteiger partial charge >= 0.3 is 12.2 Å². The zero-order chi connectivity index (χ0) is 25.5. The van der Waals surface area contributed by atoms with Crippen LogP contribution in [0.4, 0.5) is 29.3 Å². The summed E-state index contributed by atoms with van der Waals surface area (Å²) in [5.74, 6) is 0.261. The van der Waals surface area contributed by atoms with Crippen molar-refractivity contribution in [3.8, 4) is 11.4 Å². The second kappa shape index (κ2) is 8.51. The number of urea groups is 1. The zero-order valence-electron chi connectivity index (χ0n) is 18.6. The van der Waals surface area contributed by atoms with Crippen molar-refractivity contribution in [3.63, 3.8) is 0 Å². The van der Waals surface area contributed by atoms with Crippen molar-refractivity contribution < 1.29 is 27.5 Å². The van der Waals surface area contributed by atoms with Crippen molar-refractivity contribution >= 4 is 28.4 Å². The number of carbonyl (C=O) groups is 1. The highest BCUT2D eigenvalue weighted by molar-refractivity contribution is 6.00. The molecule has 13 heteroatoms. The van der Waals surface area contributed by atoms with Crippen LogP contribution in [0.5, 0.6) is 0 Å². The van der Waals surface area contributed by atoms with E-state index in [9.17, 15) is 27.9 Å². The van der Waals surface area contributed by atoms with Crippen molar-refractivity contribution in [1.29, 1.82) is 0 Å². The maximum atomic E-state index is 13.5. The molecule has 4 aromatic heterocycles. The molecule has 0 aliphatic heterocycles. The van der Waals surface area contributed by atoms with Gasteiger partial charge in [0.1, 0.15) is 5.60 Å². The Kier molecular flexibility index (Phi) is 5.80. The quantitative estimate of drug-likeness (QED) is 0.337. The summed E-state index contributed by atoms with van der Waals surface area (Å²) in [5, 5.41) is 15.3. The molecule has 35 heavy (non-hydrogen) atoms. The Bertz CT molecular complexity index is 1490. The van der Waals surface area contributed by atoms with Crippen LogP contribution in [-0.4, -0.2) is 31.1 Å². The first kappa shape index (κ1) is 23.9. The second-order valence-corrected chi connectivity index (χ2v) is 8.14. The van der Waals surface area contributed by atoms with Crippen LogP contribution in [0.25, 0.3) is 22.4 Å². The molecule has 4 N–H and O–H groups in total. The molecule has 10 nitrogen and oxygen atoms in total. The number of aromatic amines is 1. The Labute approximate surface area is 195 Å². The van der Waals surface area contributed by atoms with Crippen molar-refractivity contribution in [2.45, 2.75) is 32.5 Å². The van der Waals surface area contributed by atoms with E-state index in [1.165, 1.54) is 32.5 Å². The fraction of sp³-hybridized carbons (Fsp3) is 0.227. The van der Waals surface area contributed by atoms with Gasteiger partial charge in [-0.15, -0.1) is 0 Å². The number of alkyl halides is 3. The number of aryl methyl sites for hydroxylation is 1. The van der Waals surface area contributed by atoms with E-state index in [0.717, 1.165) is 6.20 Å². The van der Waals surface area contributed by atoms with Crippen LogP contribution in [0.3, 0.4) is 0 Å². The lowest BCUT2D eigenvalue weighted by Gasteiger charge is -2.22. The molecular formula is C22H19F3N6O4. The maximum Gasteiger partial charge on any atom is 0.418 e. The monoisotopic (exact) mass is 488 g/mol. The van der Waals surface area contributed by atoms with Gasteiger partial charge in [0.2, 0.25) is 0 Å². The van der Waals surface area contributed by atoms with Gasteiger partial charge in [-0.2, -0.15) is 13.2 Å². The normalized spacial score (nSPS) is 12.1. The van der Waals surface area contributed by atoms with Crippen LogP contribution in [0.15, 0.2) is 46.2 Å². The summed E-state index contributed by atoms with van der Waals surface area (Å²) >= 11 is 0. The highest BCUT2D eigenvalue weighted by Gasteiger charge is 2.38. The van der Waals surface area contributed by atoms with Crippen LogP contribution >= 0.6 is 0 Å². The van der Waals surface area contributed by atoms with Gasteiger partial charge in [-0.3, -0.25) is 9.78 Å². The summed E-state index contributed by atoms with van der Waals surface area (Å²) in [6, 6.07) is 1.44. The van der Waals surface area contributed by atoms with Gasteiger partial charge in [0.15, 0.2) is 11.4 Å². The fourth-order valence-electron chi connectivity index (χ4n) is 3.40. The lowest BCUT2D eigenvalue weighted by atomic mass is 9.98. The molecule has 182 valence electrons. The summed E-state index contributed by atoms with van der Waals surface area (Å²) < 4.78 is 45.5. The number of anilines is 2. The lowest BCUT2D eigenvalue weighted by molar-refractivity contribution is -0.140. The molecule has 0 atom stereocenters. The Morgan fingerprint density at radius 3 is 2.57 bits per heavy atom. The van der Waals surface area contributed by atoms with Gasteiger partial charge in [0.05, 0.1) is 47.0 Å². The molecule has 0 bridgehead atoms. The van der Waals surface area contributed by atoms with Gasteiger partial charge in [-0.25, -0.2) is 14.8 Å². The molecule has 0 saturated carbocycles. The molecule has 0 fully saturated rings. The molecule has 4 aromatic rings. The minimum Gasteiger partial charge on any atom is -0.458 e. The first-order chi connectivity index (χ1) is 16.3. The third-order valence-electron chi connectivity index (χ3n) is 5.01. The SMILES string of the molecule is Cc1nc(-c2c[nH]c(=O)c3occc23)ncc1NC(=O)Nc1cnc(C(C)(C)O)c(C(F)(F)F)c1. The van der Waals surface area contributed by atoms with Gasteiger partial charge in [-0.1, -0.05) is 0 Å². The summed E-state index contributed by atoms with van der Waals surface area (Å²) in [6.45, 7) is 3.96. The molecule has 4 heterocycles. The van der Waals surface area contributed by atoms with Crippen LogP contribution in [0, 0.1) is 6.92 Å². The molecule has 4 rings (SSSR count). The molecule has 0 unspecified atom stereocenters. The summed E-state index contributed by atoms with van der Waals surface area (Å²) in [4.78, 5) is 39.0. The molecule has 0 aromatic carbocycles. The number of furan rings is 1. The van der Waals surface area contributed by atoms with Gasteiger partial charge < -0.3 is 25.1 Å². The van der Waals surface area contributed by atoms with E-state index in [2.05, 4.69) is 30.6 Å². The number of nitrogens with zero attached hydrogens (tertiary/aromatic N) is 3. The number of halogens is 3. The highest BCUT2D eigenvalue weighted by Crippen LogP contribution is 2.37. The number of fused-ring (bicyclic) bond motifs is 1. The number of hydrogen-bond acceptors (Lipinski definition) is 7. The number of H-pyrrole nitrogens is 1. The van der Waals surface area contributed by atoms with Gasteiger partial charge in [0, 0.05) is 17.1 Å². The lowest BCUT2D eigenvalue weighted by Crippen LogP contribution is -2.25. The Hall–Kier alpha value is -4.26. The van der Waals surface area contributed by atoms with Crippen LogP contribution in [0.2, 0.25) is 0 Å². The Morgan fingerprint density at radius 2 is 1.91 bits per heavy atom. The number of aliphatic hydroxyl groups is 1. The van der Waals surface area contributed by atoms with E-state index >= 15 is 0 Å². The third kappa shape index (κ3) is 4.84. The van der Waals surface area contributed by atoms with E-state index in [-0.39, 0.29) is 22.8 Å². The predicted octanol–water partition coefficient (Wildman–Crippen LogP) is 4.17. The molecular weight excluding hydrogens is 469 g/mol.